The number of carbonyl (C=O) groups excluding carboxylic acids is 1. The van der Waals surface area contributed by atoms with Crippen molar-refractivity contribution in [3.63, 3.8) is 0 Å². The molecular weight excluding hydrogens is 486 g/mol. The summed E-state index contributed by atoms with van der Waals surface area (Å²) < 4.78 is 19.5. The van der Waals surface area contributed by atoms with Gasteiger partial charge in [0.15, 0.2) is 23.4 Å². The summed E-state index contributed by atoms with van der Waals surface area (Å²) in [4.78, 5) is 16.1. The Hall–Kier alpha value is -3.57. The number of ketones is 1. The topological polar surface area (TPSA) is 48.0 Å². The fourth-order valence-corrected chi connectivity index (χ4v) is 7.86. The number of methoxy groups -OCH3 is 1. The number of hydrogen-bond donors (Lipinski definition) is 0. The molecule has 1 fully saturated rings. The van der Waals surface area contributed by atoms with Crippen LogP contribution in [0.1, 0.15) is 42.0 Å². The number of carbonyl (C=O) groups is 1. The fraction of sp³-hybridized carbons (Fsp3) is 0.382. The van der Waals surface area contributed by atoms with Crippen molar-refractivity contribution in [1.82, 2.24) is 0 Å². The summed E-state index contributed by atoms with van der Waals surface area (Å²) in [7, 11) is 1.67. The van der Waals surface area contributed by atoms with E-state index >= 15 is 0 Å². The first-order valence-electron chi connectivity index (χ1n) is 14.3. The molecular formula is C34H35NO4. The van der Waals surface area contributed by atoms with E-state index in [2.05, 4.69) is 78.6 Å². The van der Waals surface area contributed by atoms with Gasteiger partial charge in [0.2, 0.25) is 0 Å². The van der Waals surface area contributed by atoms with Gasteiger partial charge in [-0.3, -0.25) is 4.79 Å². The number of rotatable bonds is 8. The van der Waals surface area contributed by atoms with Gasteiger partial charge in [0, 0.05) is 24.4 Å². The Morgan fingerprint density at radius 3 is 2.69 bits per heavy atom. The highest BCUT2D eigenvalue weighted by molar-refractivity contribution is 5.99. The SMILES string of the molecule is CCc1ccccc1N1CC[C@]23c4c5ccc(OC)c4O[C@H]2C(=O)C=C[C@@]3(OCCCc2ccccc2)[C@H]1C5. The van der Waals surface area contributed by atoms with Crippen LogP contribution in [0.5, 0.6) is 11.5 Å². The van der Waals surface area contributed by atoms with E-state index in [0.717, 1.165) is 50.0 Å². The first kappa shape index (κ1) is 24.5. The van der Waals surface area contributed by atoms with E-state index in [1.165, 1.54) is 22.4 Å². The van der Waals surface area contributed by atoms with E-state index < -0.39 is 17.1 Å². The molecule has 2 heterocycles. The lowest BCUT2D eigenvalue weighted by Gasteiger charge is -2.63. The highest BCUT2D eigenvalue weighted by Crippen LogP contribution is 2.65. The standard InChI is InChI=1S/C34H35NO4/c1-3-24-13-7-8-14-26(24)35-20-19-33-30-25-15-16-28(37-2)31(30)39-32(33)27(36)17-18-34(33,29(35)22-25)38-21-9-12-23-10-5-4-6-11-23/h4-8,10-11,13-18,29,32H,3,9,12,19-22H2,1-2H3/t29-,32+,33+,34-/m1/s1. The van der Waals surface area contributed by atoms with E-state index in [0.29, 0.717) is 12.4 Å². The molecule has 7 rings (SSSR count). The summed E-state index contributed by atoms with van der Waals surface area (Å²) >= 11 is 0. The molecule has 0 N–H and O–H groups in total. The van der Waals surface area contributed by atoms with Crippen LogP contribution in [0, 0.1) is 0 Å². The Morgan fingerprint density at radius 1 is 1.05 bits per heavy atom. The highest BCUT2D eigenvalue weighted by atomic mass is 16.5. The van der Waals surface area contributed by atoms with Gasteiger partial charge in [0.1, 0.15) is 5.60 Å². The van der Waals surface area contributed by atoms with Crippen LogP contribution in [-0.4, -0.2) is 43.8 Å². The van der Waals surface area contributed by atoms with E-state index in [4.69, 9.17) is 14.2 Å². The summed E-state index contributed by atoms with van der Waals surface area (Å²) in [6.45, 7) is 3.67. The fourth-order valence-electron chi connectivity index (χ4n) is 7.86. The Balaban J connectivity index is 1.36. The van der Waals surface area contributed by atoms with Crippen molar-refractivity contribution in [2.24, 2.45) is 0 Å². The number of anilines is 1. The molecule has 5 heteroatoms. The van der Waals surface area contributed by atoms with Gasteiger partial charge in [-0.25, -0.2) is 0 Å². The normalized spacial score (nSPS) is 27.7. The summed E-state index contributed by atoms with van der Waals surface area (Å²) in [5.41, 5.74) is 5.02. The predicted octanol–water partition coefficient (Wildman–Crippen LogP) is 5.62. The van der Waals surface area contributed by atoms with Gasteiger partial charge in [-0.2, -0.15) is 0 Å². The average Bonchev–Trinajstić information content (AvgIpc) is 3.33. The third-order valence-electron chi connectivity index (χ3n) is 9.52. The molecule has 1 saturated heterocycles. The molecule has 2 aliphatic heterocycles. The van der Waals surface area contributed by atoms with Gasteiger partial charge >= 0.3 is 0 Å². The van der Waals surface area contributed by atoms with Crippen molar-refractivity contribution >= 4 is 11.5 Å². The Labute approximate surface area is 230 Å². The van der Waals surface area contributed by atoms with Crippen LogP contribution in [0.25, 0.3) is 0 Å². The molecule has 1 spiro atoms. The number of aryl methyl sites for hydroxylation is 2. The Morgan fingerprint density at radius 2 is 1.87 bits per heavy atom. The maximum absolute atomic E-state index is 13.5. The minimum atomic E-state index is -0.689. The molecule has 3 aromatic carbocycles. The van der Waals surface area contributed by atoms with Gasteiger partial charge in [-0.15, -0.1) is 0 Å². The van der Waals surface area contributed by atoms with Gasteiger partial charge in [-0.1, -0.05) is 61.5 Å². The molecule has 0 amide bonds. The van der Waals surface area contributed by atoms with Crippen LogP contribution in [0.4, 0.5) is 5.69 Å². The molecule has 4 aliphatic rings. The molecule has 200 valence electrons. The van der Waals surface area contributed by atoms with Crippen LogP contribution in [-0.2, 0) is 34.2 Å². The van der Waals surface area contributed by atoms with Gasteiger partial charge in [0.05, 0.1) is 18.6 Å². The van der Waals surface area contributed by atoms with Crippen LogP contribution in [0.15, 0.2) is 78.9 Å². The number of piperidine rings is 1. The highest BCUT2D eigenvalue weighted by Gasteiger charge is 2.73. The van der Waals surface area contributed by atoms with Crippen molar-refractivity contribution < 1.29 is 19.0 Å². The number of benzene rings is 3. The monoisotopic (exact) mass is 521 g/mol. The number of hydrogen-bond acceptors (Lipinski definition) is 5. The number of para-hydroxylation sites is 1. The van der Waals surface area contributed by atoms with Crippen LogP contribution in [0.3, 0.4) is 0 Å². The third-order valence-corrected chi connectivity index (χ3v) is 9.52. The average molecular weight is 522 g/mol. The maximum Gasteiger partial charge on any atom is 0.196 e. The van der Waals surface area contributed by atoms with E-state index in [9.17, 15) is 4.79 Å². The third kappa shape index (κ3) is 3.38. The molecule has 0 unspecified atom stereocenters. The molecule has 4 atom stereocenters. The van der Waals surface area contributed by atoms with Crippen molar-refractivity contribution in [3.05, 3.63) is 101 Å². The second kappa shape index (κ2) is 9.27. The zero-order valence-corrected chi connectivity index (χ0v) is 22.7. The lowest BCUT2D eigenvalue weighted by Crippen LogP contribution is -2.76. The summed E-state index contributed by atoms with van der Waals surface area (Å²) in [6, 6.07) is 23.5. The van der Waals surface area contributed by atoms with E-state index in [1.807, 2.05) is 6.07 Å². The smallest absolute Gasteiger partial charge is 0.196 e. The second-order valence-corrected chi connectivity index (χ2v) is 11.2. The predicted molar refractivity (Wildman–Crippen MR) is 152 cm³/mol. The van der Waals surface area contributed by atoms with Crippen molar-refractivity contribution in [1.29, 1.82) is 0 Å². The molecule has 39 heavy (non-hydrogen) atoms. The summed E-state index contributed by atoms with van der Waals surface area (Å²) in [6.07, 6.45) is 7.64. The minimum absolute atomic E-state index is 0.0192. The Bertz CT molecular complexity index is 1450. The molecule has 2 aliphatic carbocycles. The molecule has 0 aromatic heterocycles. The first-order valence-corrected chi connectivity index (χ1v) is 14.3. The molecule has 5 nitrogen and oxygen atoms in total. The van der Waals surface area contributed by atoms with Gasteiger partial charge in [-0.05, 0) is 73.1 Å². The van der Waals surface area contributed by atoms with Crippen molar-refractivity contribution in [2.75, 3.05) is 25.2 Å². The van der Waals surface area contributed by atoms with Crippen LogP contribution >= 0.6 is 0 Å². The first-order chi connectivity index (χ1) is 19.1. The quantitative estimate of drug-likeness (QED) is 0.360. The number of ether oxygens (including phenoxy) is 3. The van der Waals surface area contributed by atoms with Crippen molar-refractivity contribution in [2.45, 2.75) is 62.2 Å². The zero-order valence-electron chi connectivity index (χ0n) is 22.7. The second-order valence-electron chi connectivity index (χ2n) is 11.2. The molecule has 0 radical (unpaired) electrons. The maximum atomic E-state index is 13.5. The zero-order chi connectivity index (χ0) is 26.6. The van der Waals surface area contributed by atoms with Crippen LogP contribution < -0.4 is 14.4 Å². The minimum Gasteiger partial charge on any atom is -0.493 e. The van der Waals surface area contributed by atoms with Gasteiger partial charge < -0.3 is 19.1 Å². The summed E-state index contributed by atoms with van der Waals surface area (Å²) in [5.74, 6) is 1.45. The molecule has 2 bridgehead atoms. The molecule has 0 saturated carbocycles. The number of nitrogens with zero attached hydrogens (tertiary/aromatic N) is 1. The summed E-state index contributed by atoms with van der Waals surface area (Å²) in [5, 5.41) is 0. The largest absolute Gasteiger partial charge is 0.493 e. The van der Waals surface area contributed by atoms with E-state index in [1.54, 1.807) is 13.2 Å². The van der Waals surface area contributed by atoms with Crippen LogP contribution in [0.2, 0.25) is 0 Å². The van der Waals surface area contributed by atoms with E-state index in [-0.39, 0.29) is 11.8 Å². The van der Waals surface area contributed by atoms with Crippen molar-refractivity contribution in [3.8, 4) is 11.5 Å². The Kier molecular flexibility index (Phi) is 5.82. The van der Waals surface area contributed by atoms with Gasteiger partial charge in [0.25, 0.3) is 0 Å². The lowest BCUT2D eigenvalue weighted by atomic mass is 9.50. The molecule has 3 aromatic rings. The lowest BCUT2D eigenvalue weighted by molar-refractivity contribution is -0.150.